The molecule has 0 heterocycles. The van der Waals surface area contributed by atoms with Gasteiger partial charge in [0.1, 0.15) is 5.75 Å². The molecule has 1 atom stereocenters. The average molecular weight is 348 g/mol. The van der Waals surface area contributed by atoms with Crippen LogP contribution in [0.4, 0.5) is 5.69 Å². The molecule has 5 heteroatoms. The van der Waals surface area contributed by atoms with Crippen LogP contribution in [-0.2, 0) is 11.2 Å². The van der Waals surface area contributed by atoms with Gasteiger partial charge < -0.3 is 20.3 Å². The molecule has 0 amide bonds. The molecule has 0 saturated heterocycles. The van der Waals surface area contributed by atoms with E-state index >= 15 is 0 Å². The van der Waals surface area contributed by atoms with E-state index in [0.717, 1.165) is 21.9 Å². The van der Waals surface area contributed by atoms with Crippen LogP contribution in [0.25, 0.3) is 10.8 Å². The zero-order valence-electron chi connectivity index (χ0n) is 14.5. The summed E-state index contributed by atoms with van der Waals surface area (Å²) >= 11 is 0. The molecule has 0 saturated carbocycles. The smallest absolute Gasteiger partial charge is 0.188 e. The van der Waals surface area contributed by atoms with Gasteiger partial charge in [-0.15, -0.1) is 0 Å². The van der Waals surface area contributed by atoms with Crippen LogP contribution in [0.2, 0.25) is 0 Å². The number of benzene rings is 3. The number of aliphatic hydroxyl groups excluding tert-OH is 1. The predicted octanol–water partition coefficient (Wildman–Crippen LogP) is 3.55. The Morgan fingerprint density at radius 3 is 2.65 bits per heavy atom. The van der Waals surface area contributed by atoms with Gasteiger partial charge in [-0.25, -0.2) is 0 Å². The van der Waals surface area contributed by atoms with Gasteiger partial charge >= 0.3 is 0 Å². The number of anilines is 1. The second kappa shape index (κ2) is 7.87. The Labute approximate surface area is 152 Å². The summed E-state index contributed by atoms with van der Waals surface area (Å²) in [6.45, 7) is 0.151. The topological polar surface area (TPSA) is 88.5 Å². The van der Waals surface area contributed by atoms with Crippen LogP contribution in [0.15, 0.2) is 54.6 Å². The molecule has 0 aliphatic heterocycles. The molecule has 0 aliphatic rings. The molecular formula is C21H20N2O3. The fraction of sp³-hybridized carbons (Fsp3) is 0.190. The maximum Gasteiger partial charge on any atom is 0.188 e. The Bertz CT molecular complexity index is 963. The zero-order chi connectivity index (χ0) is 18.5. The number of nitriles is 1. The third kappa shape index (κ3) is 3.94. The number of hydrogen-bond acceptors (Lipinski definition) is 5. The molecule has 0 fully saturated rings. The summed E-state index contributed by atoms with van der Waals surface area (Å²) in [7, 11) is 1.55. The van der Waals surface area contributed by atoms with E-state index < -0.39 is 6.10 Å². The second-order valence-electron chi connectivity index (χ2n) is 6.06. The molecular weight excluding hydrogens is 328 g/mol. The highest BCUT2D eigenvalue weighted by Gasteiger charge is 2.12. The molecule has 3 aromatic rings. The van der Waals surface area contributed by atoms with E-state index in [0.29, 0.717) is 23.4 Å². The molecule has 1 unspecified atom stereocenters. The van der Waals surface area contributed by atoms with Crippen molar-refractivity contribution < 1.29 is 14.6 Å². The van der Waals surface area contributed by atoms with Crippen molar-refractivity contribution in [2.24, 2.45) is 0 Å². The van der Waals surface area contributed by atoms with E-state index in [1.807, 2.05) is 36.4 Å². The highest BCUT2D eigenvalue weighted by atomic mass is 16.7. The molecule has 26 heavy (non-hydrogen) atoms. The maximum atomic E-state index is 10.7. The molecule has 5 nitrogen and oxygen atoms in total. The summed E-state index contributed by atoms with van der Waals surface area (Å²) in [5.41, 5.74) is 8.81. The van der Waals surface area contributed by atoms with Crippen molar-refractivity contribution in [1.29, 1.82) is 5.26 Å². The van der Waals surface area contributed by atoms with E-state index in [4.69, 9.17) is 20.5 Å². The summed E-state index contributed by atoms with van der Waals surface area (Å²) in [4.78, 5) is 0. The Balaban J connectivity index is 1.84. The monoisotopic (exact) mass is 348 g/mol. The van der Waals surface area contributed by atoms with Crippen LogP contribution in [0.5, 0.6) is 5.75 Å². The second-order valence-corrected chi connectivity index (χ2v) is 6.06. The van der Waals surface area contributed by atoms with Gasteiger partial charge in [0.05, 0.1) is 17.7 Å². The molecule has 0 aliphatic carbocycles. The summed E-state index contributed by atoms with van der Waals surface area (Å²) in [6, 6.07) is 18.7. The van der Waals surface area contributed by atoms with Crippen molar-refractivity contribution in [3.05, 3.63) is 71.3 Å². The largest absolute Gasteiger partial charge is 0.468 e. The lowest BCUT2D eigenvalue weighted by Gasteiger charge is -2.15. The van der Waals surface area contributed by atoms with E-state index in [1.54, 1.807) is 25.3 Å². The number of nitrogens with zero attached hydrogens (tertiary/aromatic N) is 1. The van der Waals surface area contributed by atoms with Gasteiger partial charge in [0, 0.05) is 19.2 Å². The highest BCUT2D eigenvalue weighted by molar-refractivity contribution is 5.84. The van der Waals surface area contributed by atoms with Crippen LogP contribution in [0.1, 0.15) is 22.8 Å². The Hall–Kier alpha value is -3.07. The number of ether oxygens (including phenoxy) is 2. The van der Waals surface area contributed by atoms with Gasteiger partial charge in [-0.3, -0.25) is 0 Å². The normalized spacial score (nSPS) is 11.9. The van der Waals surface area contributed by atoms with Gasteiger partial charge in [-0.1, -0.05) is 18.2 Å². The van der Waals surface area contributed by atoms with E-state index in [1.165, 1.54) is 0 Å². The minimum Gasteiger partial charge on any atom is -0.468 e. The van der Waals surface area contributed by atoms with E-state index in [-0.39, 0.29) is 6.79 Å². The molecule has 3 aromatic carbocycles. The SMILES string of the molecule is COCOc1ccc(N)c(CC(O)c2ccc3ccc(C#N)cc3c2)c1. The first-order valence-electron chi connectivity index (χ1n) is 8.22. The lowest BCUT2D eigenvalue weighted by atomic mass is 9.97. The van der Waals surface area contributed by atoms with Gasteiger partial charge in [-0.05, 0) is 58.3 Å². The van der Waals surface area contributed by atoms with Crippen molar-refractivity contribution in [3.63, 3.8) is 0 Å². The first kappa shape index (κ1) is 17.7. The van der Waals surface area contributed by atoms with E-state index in [2.05, 4.69) is 6.07 Å². The lowest BCUT2D eigenvalue weighted by Crippen LogP contribution is -2.06. The fourth-order valence-corrected chi connectivity index (χ4v) is 2.84. The molecule has 0 radical (unpaired) electrons. The minimum atomic E-state index is -0.717. The van der Waals surface area contributed by atoms with Gasteiger partial charge in [0.25, 0.3) is 0 Å². The third-order valence-corrected chi connectivity index (χ3v) is 4.25. The van der Waals surface area contributed by atoms with Gasteiger partial charge in [0.2, 0.25) is 0 Å². The summed E-state index contributed by atoms with van der Waals surface area (Å²) in [5, 5.41) is 21.7. The summed E-state index contributed by atoms with van der Waals surface area (Å²) in [5.74, 6) is 0.639. The number of nitrogen functional groups attached to an aromatic ring is 1. The number of aliphatic hydroxyl groups is 1. The fourth-order valence-electron chi connectivity index (χ4n) is 2.84. The predicted molar refractivity (Wildman–Crippen MR) is 101 cm³/mol. The maximum absolute atomic E-state index is 10.7. The molecule has 0 spiro atoms. The van der Waals surface area contributed by atoms with Crippen LogP contribution in [0, 0.1) is 11.3 Å². The number of nitrogens with two attached hydrogens (primary N) is 1. The zero-order valence-corrected chi connectivity index (χ0v) is 14.5. The quantitative estimate of drug-likeness (QED) is 0.525. The Kier molecular flexibility index (Phi) is 5.37. The lowest BCUT2D eigenvalue weighted by molar-refractivity contribution is 0.0510. The van der Waals surface area contributed by atoms with Crippen molar-refractivity contribution in [1.82, 2.24) is 0 Å². The number of rotatable bonds is 6. The molecule has 0 bridgehead atoms. The van der Waals surface area contributed by atoms with E-state index in [9.17, 15) is 5.11 Å². The van der Waals surface area contributed by atoms with Crippen molar-refractivity contribution >= 4 is 16.5 Å². The number of hydrogen-bond donors (Lipinski definition) is 2. The van der Waals surface area contributed by atoms with Crippen molar-refractivity contribution in [2.45, 2.75) is 12.5 Å². The van der Waals surface area contributed by atoms with Crippen LogP contribution in [-0.4, -0.2) is 19.0 Å². The first-order chi connectivity index (χ1) is 12.6. The average Bonchev–Trinajstić information content (AvgIpc) is 2.67. The summed E-state index contributed by atoms with van der Waals surface area (Å²) < 4.78 is 10.3. The van der Waals surface area contributed by atoms with Crippen molar-refractivity contribution in [2.75, 3.05) is 19.6 Å². The summed E-state index contributed by atoms with van der Waals surface area (Å²) in [6.07, 6.45) is -0.357. The molecule has 3 rings (SSSR count). The third-order valence-electron chi connectivity index (χ3n) is 4.25. The first-order valence-corrected chi connectivity index (χ1v) is 8.22. The minimum absolute atomic E-state index is 0.151. The van der Waals surface area contributed by atoms with Gasteiger partial charge in [0.15, 0.2) is 6.79 Å². The van der Waals surface area contributed by atoms with Crippen LogP contribution in [0.3, 0.4) is 0 Å². The standard InChI is InChI=1S/C21H20N2O3/c1-25-13-26-19-6-7-20(23)18(10-19)11-21(24)16-5-4-15-3-2-14(12-22)8-17(15)9-16/h2-10,21,24H,11,13,23H2,1H3. The Morgan fingerprint density at radius 2 is 1.88 bits per heavy atom. The molecule has 3 N–H and O–H groups in total. The van der Waals surface area contributed by atoms with Crippen molar-refractivity contribution in [3.8, 4) is 11.8 Å². The van der Waals surface area contributed by atoms with Crippen LogP contribution < -0.4 is 10.5 Å². The van der Waals surface area contributed by atoms with Gasteiger partial charge in [-0.2, -0.15) is 5.26 Å². The van der Waals surface area contributed by atoms with Crippen LogP contribution >= 0.6 is 0 Å². The number of fused-ring (bicyclic) bond motifs is 1. The molecule has 0 aromatic heterocycles. The molecule has 132 valence electrons. The highest BCUT2D eigenvalue weighted by Crippen LogP contribution is 2.28. The Morgan fingerprint density at radius 1 is 1.08 bits per heavy atom. The number of methoxy groups -OCH3 is 1.